The van der Waals surface area contributed by atoms with E-state index < -0.39 is 5.60 Å². The van der Waals surface area contributed by atoms with E-state index in [1.54, 1.807) is 49.9 Å². The van der Waals surface area contributed by atoms with Gasteiger partial charge < -0.3 is 10.4 Å². The lowest BCUT2D eigenvalue weighted by atomic mass is 10.1. The number of hydrogen-bond acceptors (Lipinski definition) is 6. The van der Waals surface area contributed by atoms with Crippen LogP contribution >= 0.6 is 0 Å². The Labute approximate surface area is 144 Å². The maximum absolute atomic E-state index is 12.7. The van der Waals surface area contributed by atoms with Gasteiger partial charge in [0.05, 0.1) is 12.2 Å². The average Bonchev–Trinajstić information content (AvgIpc) is 2.86. The standard InChI is InChI=1S/C17H20N6O2/c1-5-9-22-15(24)11-10-19-16(18-4)21-14(11)23(22)13-8-6-7-12(20-13)17(2,3)25/h5-8,10,25H,1,9H2,2-4H3,(H,18,19,21). The van der Waals surface area contributed by atoms with Crippen molar-refractivity contribution in [3.05, 3.63) is 53.1 Å². The van der Waals surface area contributed by atoms with Crippen molar-refractivity contribution in [1.82, 2.24) is 24.3 Å². The Morgan fingerprint density at radius 3 is 2.76 bits per heavy atom. The van der Waals surface area contributed by atoms with E-state index in [4.69, 9.17) is 0 Å². The van der Waals surface area contributed by atoms with E-state index in [-0.39, 0.29) is 5.56 Å². The lowest BCUT2D eigenvalue weighted by molar-refractivity contribution is 0.0738. The predicted molar refractivity (Wildman–Crippen MR) is 95.9 cm³/mol. The molecule has 3 heterocycles. The van der Waals surface area contributed by atoms with Gasteiger partial charge in [-0.3, -0.25) is 4.79 Å². The van der Waals surface area contributed by atoms with Crippen molar-refractivity contribution in [2.45, 2.75) is 26.0 Å². The second-order valence-electron chi connectivity index (χ2n) is 6.11. The molecule has 0 spiro atoms. The highest BCUT2D eigenvalue weighted by Crippen LogP contribution is 2.20. The predicted octanol–water partition coefficient (Wildman–Crippen LogP) is 1.43. The van der Waals surface area contributed by atoms with Gasteiger partial charge in [-0.2, -0.15) is 4.98 Å². The van der Waals surface area contributed by atoms with E-state index in [1.165, 1.54) is 10.9 Å². The summed E-state index contributed by atoms with van der Waals surface area (Å²) in [6.45, 7) is 7.32. The van der Waals surface area contributed by atoms with Gasteiger partial charge in [-0.1, -0.05) is 12.1 Å². The molecule has 0 bridgehead atoms. The van der Waals surface area contributed by atoms with E-state index in [0.717, 1.165) is 0 Å². The zero-order valence-corrected chi connectivity index (χ0v) is 14.4. The molecule has 0 aliphatic rings. The van der Waals surface area contributed by atoms with Crippen molar-refractivity contribution in [1.29, 1.82) is 0 Å². The molecule has 2 N–H and O–H groups in total. The maximum Gasteiger partial charge on any atom is 0.278 e. The molecule has 3 aromatic rings. The molecule has 0 aliphatic carbocycles. The first-order valence-corrected chi connectivity index (χ1v) is 7.84. The summed E-state index contributed by atoms with van der Waals surface area (Å²) in [7, 11) is 1.71. The largest absolute Gasteiger partial charge is 0.384 e. The van der Waals surface area contributed by atoms with E-state index in [2.05, 4.69) is 26.8 Å². The van der Waals surface area contributed by atoms with Gasteiger partial charge in [-0.15, -0.1) is 6.58 Å². The summed E-state index contributed by atoms with van der Waals surface area (Å²) in [6.07, 6.45) is 3.12. The summed E-state index contributed by atoms with van der Waals surface area (Å²) < 4.78 is 3.11. The Balaban J connectivity index is 2.36. The summed E-state index contributed by atoms with van der Waals surface area (Å²) >= 11 is 0. The topological polar surface area (TPSA) is 97.9 Å². The van der Waals surface area contributed by atoms with E-state index >= 15 is 0 Å². The van der Waals surface area contributed by atoms with Crippen LogP contribution in [-0.2, 0) is 12.1 Å². The minimum Gasteiger partial charge on any atom is -0.384 e. The molecule has 0 saturated carbocycles. The Morgan fingerprint density at radius 1 is 1.36 bits per heavy atom. The number of anilines is 1. The fraction of sp³-hybridized carbons (Fsp3) is 0.294. The molecule has 0 amide bonds. The van der Waals surface area contributed by atoms with Gasteiger partial charge in [0, 0.05) is 13.2 Å². The zero-order valence-electron chi connectivity index (χ0n) is 14.4. The first-order chi connectivity index (χ1) is 11.9. The number of nitrogens with one attached hydrogen (secondary N) is 1. The Morgan fingerprint density at radius 2 is 2.12 bits per heavy atom. The monoisotopic (exact) mass is 340 g/mol. The molecule has 0 radical (unpaired) electrons. The minimum atomic E-state index is -1.10. The van der Waals surface area contributed by atoms with Gasteiger partial charge in [0.25, 0.3) is 5.56 Å². The Kier molecular flexibility index (Phi) is 4.13. The Hall–Kier alpha value is -3.00. The second-order valence-corrected chi connectivity index (χ2v) is 6.11. The van der Waals surface area contributed by atoms with E-state index in [9.17, 15) is 9.90 Å². The van der Waals surface area contributed by atoms with Crippen LogP contribution in [0.1, 0.15) is 19.5 Å². The molecule has 0 aliphatic heterocycles. The molecular weight excluding hydrogens is 320 g/mol. The molecule has 25 heavy (non-hydrogen) atoms. The van der Waals surface area contributed by atoms with Crippen LogP contribution < -0.4 is 10.9 Å². The normalized spacial score (nSPS) is 11.7. The number of aromatic nitrogens is 5. The van der Waals surface area contributed by atoms with Crippen LogP contribution in [0.15, 0.2) is 41.8 Å². The van der Waals surface area contributed by atoms with Crippen LogP contribution in [0.2, 0.25) is 0 Å². The number of hydrogen-bond donors (Lipinski definition) is 2. The summed E-state index contributed by atoms with van der Waals surface area (Å²) in [5.41, 5.74) is -0.403. The van der Waals surface area contributed by atoms with Crippen LogP contribution in [0.3, 0.4) is 0 Å². The molecule has 8 heteroatoms. The third-order valence-corrected chi connectivity index (χ3v) is 3.78. The first-order valence-electron chi connectivity index (χ1n) is 7.84. The Bertz CT molecular complexity index is 997. The van der Waals surface area contributed by atoms with Crippen LogP contribution in [0.25, 0.3) is 16.9 Å². The summed E-state index contributed by atoms with van der Waals surface area (Å²) in [6, 6.07) is 5.28. The maximum atomic E-state index is 12.7. The summed E-state index contributed by atoms with van der Waals surface area (Å²) in [5, 5.41) is 13.5. The number of pyridine rings is 1. The van der Waals surface area contributed by atoms with E-state index in [1.807, 2.05) is 0 Å². The lowest BCUT2D eigenvalue weighted by Crippen LogP contribution is -2.23. The molecule has 0 fully saturated rings. The number of aliphatic hydroxyl groups is 1. The smallest absolute Gasteiger partial charge is 0.278 e. The van der Waals surface area contributed by atoms with Crippen molar-refractivity contribution < 1.29 is 5.11 Å². The molecule has 0 atom stereocenters. The number of nitrogens with zero attached hydrogens (tertiary/aromatic N) is 5. The van der Waals surface area contributed by atoms with Gasteiger partial charge in [0.1, 0.15) is 11.0 Å². The zero-order chi connectivity index (χ0) is 18.2. The van der Waals surface area contributed by atoms with Gasteiger partial charge in [-0.05, 0) is 26.0 Å². The average molecular weight is 340 g/mol. The van der Waals surface area contributed by atoms with Gasteiger partial charge in [-0.25, -0.2) is 19.3 Å². The SMILES string of the molecule is C=CCn1c(=O)c2cnc(NC)nc2n1-c1cccc(C(C)(C)O)n1. The van der Waals surface area contributed by atoms with Crippen LogP contribution in [0.5, 0.6) is 0 Å². The minimum absolute atomic E-state index is 0.229. The molecule has 130 valence electrons. The third-order valence-electron chi connectivity index (χ3n) is 3.78. The quantitative estimate of drug-likeness (QED) is 0.682. The first kappa shape index (κ1) is 16.8. The van der Waals surface area contributed by atoms with Crippen molar-refractivity contribution in [2.24, 2.45) is 0 Å². The highest BCUT2D eigenvalue weighted by Gasteiger charge is 2.21. The van der Waals surface area contributed by atoms with Crippen molar-refractivity contribution in [2.75, 3.05) is 12.4 Å². The fourth-order valence-corrected chi connectivity index (χ4v) is 2.55. The van der Waals surface area contributed by atoms with E-state index in [0.29, 0.717) is 35.0 Å². The molecule has 8 nitrogen and oxygen atoms in total. The molecule has 0 aromatic carbocycles. The van der Waals surface area contributed by atoms with Crippen LogP contribution in [-0.4, -0.2) is 36.5 Å². The number of allylic oxidation sites excluding steroid dienone is 1. The highest BCUT2D eigenvalue weighted by atomic mass is 16.3. The van der Waals surface area contributed by atoms with Crippen molar-refractivity contribution in [3.63, 3.8) is 0 Å². The second kappa shape index (κ2) is 6.14. The molecule has 3 aromatic heterocycles. The molecular formula is C17H20N6O2. The fourth-order valence-electron chi connectivity index (χ4n) is 2.55. The number of rotatable bonds is 5. The summed E-state index contributed by atoms with van der Waals surface area (Å²) in [4.78, 5) is 25.7. The van der Waals surface area contributed by atoms with Crippen molar-refractivity contribution in [3.8, 4) is 5.82 Å². The number of fused-ring (bicyclic) bond motifs is 1. The lowest BCUT2D eigenvalue weighted by Gasteiger charge is -2.18. The van der Waals surface area contributed by atoms with Gasteiger partial charge >= 0.3 is 0 Å². The molecule has 0 saturated heterocycles. The van der Waals surface area contributed by atoms with Crippen molar-refractivity contribution >= 4 is 17.0 Å². The van der Waals surface area contributed by atoms with Gasteiger partial charge in [0.15, 0.2) is 11.5 Å². The van der Waals surface area contributed by atoms with Crippen LogP contribution in [0, 0.1) is 0 Å². The molecule has 0 unspecified atom stereocenters. The van der Waals surface area contributed by atoms with Crippen LogP contribution in [0.4, 0.5) is 5.95 Å². The molecule has 3 rings (SSSR count). The summed E-state index contributed by atoms with van der Waals surface area (Å²) in [5.74, 6) is 0.880. The third kappa shape index (κ3) is 2.91. The highest BCUT2D eigenvalue weighted by molar-refractivity contribution is 5.76. The van der Waals surface area contributed by atoms with Gasteiger partial charge in [0.2, 0.25) is 5.95 Å².